The minimum Gasteiger partial charge on any atom is -0.325 e. The lowest BCUT2D eigenvalue weighted by Crippen LogP contribution is -2.29. The minimum absolute atomic E-state index is 0.0541. The molecule has 0 saturated heterocycles. The van der Waals surface area contributed by atoms with Gasteiger partial charge in [-0.2, -0.15) is 17.5 Å². The van der Waals surface area contributed by atoms with Crippen LogP contribution in [0.5, 0.6) is 0 Å². The van der Waals surface area contributed by atoms with Crippen LogP contribution < -0.4 is 0 Å². The van der Waals surface area contributed by atoms with Crippen molar-refractivity contribution in [3.63, 3.8) is 0 Å². The molecule has 0 aliphatic rings. The Labute approximate surface area is 146 Å². The van der Waals surface area contributed by atoms with Gasteiger partial charge in [0.05, 0.1) is 16.6 Å². The molecule has 24 heavy (non-hydrogen) atoms. The molecular formula is C13H12Cl2F3N3O2S. The van der Waals surface area contributed by atoms with Crippen LogP contribution >= 0.6 is 23.2 Å². The van der Waals surface area contributed by atoms with Crippen molar-refractivity contribution in [2.24, 2.45) is 0 Å². The molecule has 1 heterocycles. The Morgan fingerprint density at radius 2 is 1.83 bits per heavy atom. The van der Waals surface area contributed by atoms with E-state index in [9.17, 15) is 21.6 Å². The van der Waals surface area contributed by atoms with Gasteiger partial charge in [0.1, 0.15) is 17.3 Å². The quantitative estimate of drug-likeness (QED) is 0.769. The van der Waals surface area contributed by atoms with Crippen LogP contribution in [0.2, 0.25) is 10.0 Å². The molecule has 0 bridgehead atoms. The van der Waals surface area contributed by atoms with E-state index in [1.54, 1.807) is 0 Å². The highest BCUT2D eigenvalue weighted by molar-refractivity contribution is 7.89. The van der Waals surface area contributed by atoms with Crippen molar-refractivity contribution in [3.05, 3.63) is 46.5 Å². The summed E-state index contributed by atoms with van der Waals surface area (Å²) in [4.78, 5) is 3.48. The maximum atomic E-state index is 12.6. The number of rotatable bonds is 5. The summed E-state index contributed by atoms with van der Waals surface area (Å²) in [5, 5.41) is -0.152. The largest absolute Gasteiger partial charge is 0.406 e. The Morgan fingerprint density at radius 1 is 1.25 bits per heavy atom. The number of alkyl halides is 3. The van der Waals surface area contributed by atoms with Gasteiger partial charge in [-0.25, -0.2) is 13.4 Å². The van der Waals surface area contributed by atoms with Crippen LogP contribution in [0.3, 0.4) is 0 Å². The lowest BCUT2D eigenvalue weighted by atomic mass is 10.4. The molecule has 0 saturated carbocycles. The topological polar surface area (TPSA) is 55.2 Å². The zero-order valence-electron chi connectivity index (χ0n) is 12.3. The van der Waals surface area contributed by atoms with Crippen molar-refractivity contribution in [1.82, 2.24) is 13.9 Å². The zero-order valence-corrected chi connectivity index (χ0v) is 14.6. The van der Waals surface area contributed by atoms with Crippen molar-refractivity contribution in [3.8, 4) is 0 Å². The fourth-order valence-electron chi connectivity index (χ4n) is 2.00. The second kappa shape index (κ2) is 6.91. The first-order chi connectivity index (χ1) is 11.0. The maximum Gasteiger partial charge on any atom is 0.406 e. The third-order valence-corrected chi connectivity index (χ3v) is 5.86. The van der Waals surface area contributed by atoms with Gasteiger partial charge < -0.3 is 4.57 Å². The van der Waals surface area contributed by atoms with Crippen LogP contribution in [0, 0.1) is 0 Å². The summed E-state index contributed by atoms with van der Waals surface area (Å²) < 4.78 is 64.4. The first-order valence-electron chi connectivity index (χ1n) is 6.49. The van der Waals surface area contributed by atoms with E-state index in [1.807, 2.05) is 0 Å². The summed E-state index contributed by atoms with van der Waals surface area (Å²) in [6, 6.07) is 4.21. The van der Waals surface area contributed by atoms with Crippen LogP contribution in [0.25, 0.3) is 0 Å². The van der Waals surface area contributed by atoms with Crippen molar-refractivity contribution in [2.45, 2.75) is 24.2 Å². The van der Waals surface area contributed by atoms with Gasteiger partial charge in [-0.05, 0) is 12.1 Å². The highest BCUT2D eigenvalue weighted by atomic mass is 35.5. The van der Waals surface area contributed by atoms with Gasteiger partial charge >= 0.3 is 6.18 Å². The van der Waals surface area contributed by atoms with Gasteiger partial charge in [0.2, 0.25) is 10.0 Å². The van der Waals surface area contributed by atoms with E-state index in [2.05, 4.69) is 4.98 Å². The molecule has 11 heteroatoms. The molecule has 0 unspecified atom stereocenters. The summed E-state index contributed by atoms with van der Waals surface area (Å²) in [5.41, 5.74) is 0. The van der Waals surface area contributed by atoms with Gasteiger partial charge in [-0.1, -0.05) is 29.3 Å². The summed E-state index contributed by atoms with van der Waals surface area (Å²) in [6.07, 6.45) is -2.14. The normalized spacial score (nSPS) is 12.8. The van der Waals surface area contributed by atoms with Crippen molar-refractivity contribution >= 4 is 33.2 Å². The minimum atomic E-state index is -4.45. The second-order valence-corrected chi connectivity index (χ2v) is 7.69. The zero-order chi connectivity index (χ0) is 18.1. The highest BCUT2D eigenvalue weighted by Gasteiger charge is 2.31. The molecule has 0 fully saturated rings. The molecule has 5 nitrogen and oxygen atoms in total. The summed E-state index contributed by atoms with van der Waals surface area (Å²) >= 11 is 11.8. The molecule has 0 aliphatic carbocycles. The molecule has 0 amide bonds. The van der Waals surface area contributed by atoms with Gasteiger partial charge in [0, 0.05) is 19.4 Å². The smallest absolute Gasteiger partial charge is 0.325 e. The molecule has 2 rings (SSSR count). The second-order valence-electron chi connectivity index (χ2n) is 4.90. The molecular weight excluding hydrogens is 390 g/mol. The molecule has 0 N–H and O–H groups in total. The van der Waals surface area contributed by atoms with Gasteiger partial charge in [0.15, 0.2) is 0 Å². The number of aromatic nitrogens is 2. The molecule has 0 radical (unpaired) electrons. The van der Waals surface area contributed by atoms with Gasteiger partial charge in [0.25, 0.3) is 0 Å². The fourth-order valence-corrected chi connectivity index (χ4v) is 4.21. The third kappa shape index (κ3) is 4.21. The van der Waals surface area contributed by atoms with Crippen LogP contribution in [0.1, 0.15) is 5.82 Å². The molecule has 132 valence electrons. The van der Waals surface area contributed by atoms with Crippen LogP contribution in [0.15, 0.2) is 35.5 Å². The molecule has 2 aromatic rings. The van der Waals surface area contributed by atoms with Crippen LogP contribution in [-0.2, 0) is 23.1 Å². The molecule has 1 aromatic heterocycles. The fraction of sp³-hybridized carbons (Fsp3) is 0.308. The highest BCUT2D eigenvalue weighted by Crippen LogP contribution is 2.31. The monoisotopic (exact) mass is 401 g/mol. The van der Waals surface area contributed by atoms with E-state index in [-0.39, 0.29) is 27.3 Å². The predicted molar refractivity (Wildman–Crippen MR) is 83.4 cm³/mol. The van der Waals surface area contributed by atoms with E-state index >= 15 is 0 Å². The van der Waals surface area contributed by atoms with Crippen molar-refractivity contribution in [1.29, 1.82) is 0 Å². The Hall–Kier alpha value is -1.29. The molecule has 0 atom stereocenters. The standard InChI is InChI=1S/C13H12Cl2F3N3O2S/c1-20(7-11-19-5-6-21(11)8-13(16,17)18)24(22,23)12-9(14)3-2-4-10(12)15/h2-6H,7-8H2,1H3. The lowest BCUT2D eigenvalue weighted by Gasteiger charge is -2.19. The number of sulfonamides is 1. The van der Waals surface area contributed by atoms with E-state index in [0.29, 0.717) is 0 Å². The first kappa shape index (κ1) is 19.0. The summed E-state index contributed by atoms with van der Waals surface area (Å²) in [6.45, 7) is -1.63. The summed E-state index contributed by atoms with van der Waals surface area (Å²) in [5.74, 6) is -0.0541. The van der Waals surface area contributed by atoms with Gasteiger partial charge in [-0.15, -0.1) is 0 Å². The number of hydrogen-bond donors (Lipinski definition) is 0. The average Bonchev–Trinajstić information content (AvgIpc) is 2.83. The predicted octanol–water partition coefficient (Wildman–Crippen LogP) is 3.57. The third-order valence-electron chi connectivity index (χ3n) is 3.10. The van der Waals surface area contributed by atoms with E-state index in [1.165, 1.54) is 31.4 Å². The van der Waals surface area contributed by atoms with Crippen LogP contribution in [-0.4, -0.2) is 35.5 Å². The Bertz CT molecular complexity index is 817. The number of imidazole rings is 1. The number of benzene rings is 1. The summed E-state index contributed by atoms with van der Waals surface area (Å²) in [7, 11) is -2.89. The number of halogens is 5. The van der Waals surface area contributed by atoms with Crippen molar-refractivity contribution in [2.75, 3.05) is 7.05 Å². The molecule has 0 aliphatic heterocycles. The average molecular weight is 402 g/mol. The molecule has 0 spiro atoms. The van der Waals surface area contributed by atoms with Gasteiger partial charge in [-0.3, -0.25) is 0 Å². The van der Waals surface area contributed by atoms with Crippen molar-refractivity contribution < 1.29 is 21.6 Å². The maximum absolute atomic E-state index is 12.6. The lowest BCUT2D eigenvalue weighted by molar-refractivity contribution is -0.141. The number of hydrogen-bond acceptors (Lipinski definition) is 3. The van der Waals surface area contributed by atoms with E-state index in [4.69, 9.17) is 23.2 Å². The Morgan fingerprint density at radius 3 is 2.38 bits per heavy atom. The Kier molecular flexibility index (Phi) is 5.48. The van der Waals surface area contributed by atoms with E-state index in [0.717, 1.165) is 15.1 Å². The molecule has 1 aromatic carbocycles. The SMILES string of the molecule is CN(Cc1nccn1CC(F)(F)F)S(=O)(=O)c1c(Cl)cccc1Cl. The number of nitrogens with zero attached hydrogens (tertiary/aromatic N) is 3. The van der Waals surface area contributed by atoms with Crippen LogP contribution in [0.4, 0.5) is 13.2 Å². The van der Waals surface area contributed by atoms with E-state index < -0.39 is 22.7 Å². The Balaban J connectivity index is 2.30. The first-order valence-corrected chi connectivity index (χ1v) is 8.69.